The lowest BCUT2D eigenvalue weighted by Gasteiger charge is -2.09. The third kappa shape index (κ3) is 2.28. The number of halogens is 2. The van der Waals surface area contributed by atoms with Gasteiger partial charge in [0.05, 0.1) is 0 Å². The summed E-state index contributed by atoms with van der Waals surface area (Å²) in [4.78, 5) is 0. The van der Waals surface area contributed by atoms with Crippen LogP contribution in [-0.4, -0.2) is 0 Å². The van der Waals surface area contributed by atoms with E-state index in [1.54, 1.807) is 0 Å². The Morgan fingerprint density at radius 2 is 2.14 bits per heavy atom. The van der Waals surface area contributed by atoms with Crippen molar-refractivity contribution in [2.24, 2.45) is 0 Å². The molecule has 0 nitrogen and oxygen atoms in total. The maximum Gasteiger partial charge on any atom is 0.0190 e. The van der Waals surface area contributed by atoms with Gasteiger partial charge < -0.3 is 0 Å². The highest BCUT2D eigenvalue weighted by atomic mass is 79.9. The van der Waals surface area contributed by atoms with Gasteiger partial charge in [-0.1, -0.05) is 45.7 Å². The Labute approximate surface area is 97.4 Å². The van der Waals surface area contributed by atoms with Crippen molar-refractivity contribution in [2.45, 2.75) is 12.8 Å². The number of hydrogen-bond acceptors (Lipinski definition) is 0. The summed E-state index contributed by atoms with van der Waals surface area (Å²) < 4.78 is 1.10. The highest BCUT2D eigenvalue weighted by molar-refractivity contribution is 9.10. The minimum atomic E-state index is 0.947. The van der Waals surface area contributed by atoms with Gasteiger partial charge >= 0.3 is 0 Å². The second kappa shape index (κ2) is 4.33. The van der Waals surface area contributed by atoms with Crippen molar-refractivity contribution in [1.82, 2.24) is 0 Å². The molecule has 2 rings (SSSR count). The van der Waals surface area contributed by atoms with E-state index in [1.165, 1.54) is 11.1 Å². The fourth-order valence-corrected chi connectivity index (χ4v) is 2.16. The van der Waals surface area contributed by atoms with Gasteiger partial charge in [0.15, 0.2) is 0 Å². The maximum absolute atomic E-state index is 6.01. The van der Waals surface area contributed by atoms with Crippen LogP contribution in [0, 0.1) is 0 Å². The summed E-state index contributed by atoms with van der Waals surface area (Å²) in [5.41, 5.74) is 2.44. The zero-order chi connectivity index (χ0) is 9.97. The van der Waals surface area contributed by atoms with E-state index in [0.717, 1.165) is 22.3 Å². The topological polar surface area (TPSA) is 0 Å². The molecule has 0 heterocycles. The van der Waals surface area contributed by atoms with Gasteiger partial charge in [-0.25, -0.2) is 0 Å². The molecular formula is C12H10BrCl. The molecule has 0 aliphatic heterocycles. The second-order valence-electron chi connectivity index (χ2n) is 3.30. The maximum atomic E-state index is 6.01. The lowest BCUT2D eigenvalue weighted by molar-refractivity contribution is 1.02. The van der Waals surface area contributed by atoms with Gasteiger partial charge in [-0.15, -0.1) is 0 Å². The van der Waals surface area contributed by atoms with Crippen LogP contribution in [0.2, 0.25) is 0 Å². The van der Waals surface area contributed by atoms with Crippen LogP contribution >= 0.6 is 27.5 Å². The lowest BCUT2D eigenvalue weighted by atomic mass is 10.00. The first kappa shape index (κ1) is 10.0. The Kier molecular flexibility index (Phi) is 3.09. The normalized spacial score (nSPS) is 16.1. The van der Waals surface area contributed by atoms with Crippen molar-refractivity contribution in [3.8, 4) is 0 Å². The van der Waals surface area contributed by atoms with Crippen LogP contribution in [0.4, 0.5) is 0 Å². The summed E-state index contributed by atoms with van der Waals surface area (Å²) in [6.45, 7) is 0. The van der Waals surface area contributed by atoms with Crippen molar-refractivity contribution < 1.29 is 0 Å². The number of rotatable bonds is 1. The molecule has 1 aliphatic carbocycles. The Bertz CT molecular complexity index is 405. The van der Waals surface area contributed by atoms with Crippen molar-refractivity contribution >= 4 is 33.1 Å². The van der Waals surface area contributed by atoms with Crippen molar-refractivity contribution in [1.29, 1.82) is 0 Å². The molecule has 0 unspecified atom stereocenters. The molecule has 0 amide bonds. The predicted octanol–water partition coefficient (Wildman–Crippen LogP) is 4.75. The Morgan fingerprint density at radius 1 is 1.29 bits per heavy atom. The SMILES string of the molecule is ClC1=CC(c2cccc(Br)c2)=CCC1. The van der Waals surface area contributed by atoms with Crippen LogP contribution in [0.5, 0.6) is 0 Å². The second-order valence-corrected chi connectivity index (χ2v) is 4.70. The molecule has 0 spiro atoms. The molecule has 72 valence electrons. The van der Waals surface area contributed by atoms with Crippen molar-refractivity contribution in [3.63, 3.8) is 0 Å². The summed E-state index contributed by atoms with van der Waals surface area (Å²) in [5.74, 6) is 0. The fourth-order valence-electron chi connectivity index (χ4n) is 1.53. The lowest BCUT2D eigenvalue weighted by Crippen LogP contribution is -1.88. The molecule has 0 atom stereocenters. The van der Waals surface area contributed by atoms with Crippen LogP contribution in [0.1, 0.15) is 18.4 Å². The van der Waals surface area contributed by atoms with Gasteiger partial charge in [0, 0.05) is 9.51 Å². The highest BCUT2D eigenvalue weighted by Gasteiger charge is 2.05. The summed E-state index contributed by atoms with van der Waals surface area (Å²) in [6, 6.07) is 8.27. The highest BCUT2D eigenvalue weighted by Crippen LogP contribution is 2.28. The summed E-state index contributed by atoms with van der Waals surface area (Å²) in [5, 5.41) is 0.947. The number of allylic oxidation sites excluding steroid dienone is 4. The number of hydrogen-bond donors (Lipinski definition) is 0. The van der Waals surface area contributed by atoms with Gasteiger partial charge in [-0.3, -0.25) is 0 Å². The summed E-state index contributed by atoms with van der Waals surface area (Å²) >= 11 is 9.47. The van der Waals surface area contributed by atoms with E-state index in [9.17, 15) is 0 Å². The van der Waals surface area contributed by atoms with Crippen LogP contribution in [0.3, 0.4) is 0 Å². The van der Waals surface area contributed by atoms with Crippen LogP contribution in [0.15, 0.2) is 45.9 Å². The van der Waals surface area contributed by atoms with Gasteiger partial charge in [-0.2, -0.15) is 0 Å². The Balaban J connectivity index is 2.36. The minimum Gasteiger partial charge on any atom is -0.0891 e. The average Bonchev–Trinajstić information content (AvgIpc) is 2.18. The first-order valence-corrected chi connectivity index (χ1v) is 5.75. The zero-order valence-electron chi connectivity index (χ0n) is 7.63. The van der Waals surface area contributed by atoms with Gasteiger partial charge in [-0.05, 0) is 42.2 Å². The van der Waals surface area contributed by atoms with Crippen LogP contribution in [0.25, 0.3) is 5.57 Å². The summed E-state index contributed by atoms with van der Waals surface area (Å²) in [6.07, 6.45) is 6.29. The molecular weight excluding hydrogens is 259 g/mol. The Morgan fingerprint density at radius 3 is 2.86 bits per heavy atom. The zero-order valence-corrected chi connectivity index (χ0v) is 9.98. The van der Waals surface area contributed by atoms with E-state index >= 15 is 0 Å². The fraction of sp³-hybridized carbons (Fsp3) is 0.167. The molecule has 0 aromatic heterocycles. The monoisotopic (exact) mass is 268 g/mol. The molecule has 1 aliphatic rings. The van der Waals surface area contributed by atoms with E-state index < -0.39 is 0 Å². The third-order valence-corrected chi connectivity index (χ3v) is 3.01. The largest absolute Gasteiger partial charge is 0.0891 e. The first-order valence-electron chi connectivity index (χ1n) is 4.58. The molecule has 14 heavy (non-hydrogen) atoms. The van der Waals surface area contributed by atoms with Gasteiger partial charge in [0.2, 0.25) is 0 Å². The van der Waals surface area contributed by atoms with Crippen molar-refractivity contribution in [2.75, 3.05) is 0 Å². The predicted molar refractivity (Wildman–Crippen MR) is 65.3 cm³/mol. The molecule has 0 bridgehead atoms. The molecule has 0 saturated carbocycles. The number of benzene rings is 1. The van der Waals surface area contributed by atoms with Crippen LogP contribution < -0.4 is 0 Å². The molecule has 1 aromatic rings. The molecule has 1 aromatic carbocycles. The average molecular weight is 270 g/mol. The smallest absolute Gasteiger partial charge is 0.0190 e. The standard InChI is InChI=1S/C12H10BrCl/c13-11-5-1-3-9(7-11)10-4-2-6-12(14)8-10/h1,3-5,7-8H,2,6H2. The van der Waals surface area contributed by atoms with E-state index in [4.69, 9.17) is 11.6 Å². The van der Waals surface area contributed by atoms with E-state index in [-0.39, 0.29) is 0 Å². The Hall–Kier alpha value is -0.530. The molecule has 2 heteroatoms. The van der Waals surface area contributed by atoms with Crippen LogP contribution in [-0.2, 0) is 0 Å². The summed E-state index contributed by atoms with van der Waals surface area (Å²) in [7, 11) is 0. The molecule has 0 saturated heterocycles. The van der Waals surface area contributed by atoms with E-state index in [1.807, 2.05) is 18.2 Å². The minimum absolute atomic E-state index is 0.947. The molecule has 0 fully saturated rings. The molecule has 0 radical (unpaired) electrons. The van der Waals surface area contributed by atoms with E-state index in [0.29, 0.717) is 0 Å². The quantitative estimate of drug-likeness (QED) is 0.690. The van der Waals surface area contributed by atoms with Crippen molar-refractivity contribution in [3.05, 3.63) is 51.5 Å². The van der Waals surface area contributed by atoms with E-state index in [2.05, 4.69) is 34.1 Å². The molecule has 0 N–H and O–H groups in total. The first-order chi connectivity index (χ1) is 6.75. The van der Waals surface area contributed by atoms with Gasteiger partial charge in [0.1, 0.15) is 0 Å². The third-order valence-electron chi connectivity index (χ3n) is 2.22. The van der Waals surface area contributed by atoms with Gasteiger partial charge in [0.25, 0.3) is 0 Å².